The van der Waals surface area contributed by atoms with E-state index in [-0.39, 0.29) is 5.78 Å². The van der Waals surface area contributed by atoms with Crippen molar-refractivity contribution in [2.45, 2.75) is 13.3 Å². The van der Waals surface area contributed by atoms with Crippen molar-refractivity contribution in [3.8, 4) is 0 Å². The van der Waals surface area contributed by atoms with Gasteiger partial charge in [0.05, 0.1) is 11.4 Å². The minimum absolute atomic E-state index is 0.242. The molecule has 82 valence electrons. The Morgan fingerprint density at radius 2 is 2.53 bits per heavy atom. The van der Waals surface area contributed by atoms with Gasteiger partial charge in [-0.05, 0) is 46.3 Å². The van der Waals surface area contributed by atoms with Crippen LogP contribution in [0.3, 0.4) is 0 Å². The number of carbonyl (C=O) groups excluding carboxylic acids is 1. The highest BCUT2D eigenvalue weighted by Gasteiger charge is 2.22. The molecule has 2 rings (SSSR count). The van der Waals surface area contributed by atoms with Crippen molar-refractivity contribution in [3.63, 3.8) is 0 Å². The van der Waals surface area contributed by atoms with Crippen LogP contribution in [0.1, 0.15) is 23.0 Å². The van der Waals surface area contributed by atoms with E-state index in [1.807, 2.05) is 11.4 Å². The standard InChI is InChI=1S/C11H14BrNOS/c1-8-2-4-13(6-8)7-10(14)11-9(12)3-5-15-11/h3,5,8H,2,4,6-7H2,1H3. The number of nitrogens with zero attached hydrogens (tertiary/aromatic N) is 1. The van der Waals surface area contributed by atoms with Crippen molar-refractivity contribution in [2.75, 3.05) is 19.6 Å². The third kappa shape index (κ3) is 2.68. The first-order chi connectivity index (χ1) is 7.16. The van der Waals surface area contributed by atoms with E-state index in [0.717, 1.165) is 28.4 Å². The molecular formula is C11H14BrNOS. The second kappa shape index (κ2) is 4.76. The predicted molar refractivity (Wildman–Crippen MR) is 66.6 cm³/mol. The number of carbonyl (C=O) groups is 1. The van der Waals surface area contributed by atoms with E-state index in [1.165, 1.54) is 17.8 Å². The first kappa shape index (κ1) is 11.3. The lowest BCUT2D eigenvalue weighted by molar-refractivity contribution is 0.0947. The van der Waals surface area contributed by atoms with Gasteiger partial charge < -0.3 is 0 Å². The molecule has 1 aliphatic rings. The Labute approximate surface area is 102 Å². The summed E-state index contributed by atoms with van der Waals surface area (Å²) < 4.78 is 0.935. The van der Waals surface area contributed by atoms with Crippen molar-refractivity contribution in [1.29, 1.82) is 0 Å². The number of likely N-dealkylation sites (tertiary alicyclic amines) is 1. The third-order valence-corrected chi connectivity index (χ3v) is 4.62. The third-order valence-electron chi connectivity index (χ3n) is 2.75. The molecule has 1 aliphatic heterocycles. The fraction of sp³-hybridized carbons (Fsp3) is 0.545. The van der Waals surface area contributed by atoms with E-state index in [4.69, 9.17) is 0 Å². The molecule has 0 saturated carbocycles. The lowest BCUT2D eigenvalue weighted by atomic mass is 10.2. The minimum Gasteiger partial charge on any atom is -0.296 e. The van der Waals surface area contributed by atoms with Crippen LogP contribution in [0.25, 0.3) is 0 Å². The molecule has 1 aromatic heterocycles. The molecule has 0 aliphatic carbocycles. The molecular weight excluding hydrogens is 274 g/mol. The maximum atomic E-state index is 11.9. The molecule has 1 saturated heterocycles. The summed E-state index contributed by atoms with van der Waals surface area (Å²) in [5.41, 5.74) is 0. The van der Waals surface area contributed by atoms with Crippen LogP contribution in [0.4, 0.5) is 0 Å². The summed E-state index contributed by atoms with van der Waals surface area (Å²) in [6, 6.07) is 1.94. The Morgan fingerprint density at radius 3 is 3.07 bits per heavy atom. The molecule has 15 heavy (non-hydrogen) atoms. The summed E-state index contributed by atoms with van der Waals surface area (Å²) in [7, 11) is 0. The maximum Gasteiger partial charge on any atom is 0.187 e. The minimum atomic E-state index is 0.242. The summed E-state index contributed by atoms with van der Waals surface area (Å²) in [4.78, 5) is 15.0. The van der Waals surface area contributed by atoms with Gasteiger partial charge in [0.1, 0.15) is 0 Å². The maximum absolute atomic E-state index is 11.9. The second-order valence-corrected chi connectivity index (χ2v) is 5.92. The Balaban J connectivity index is 1.96. The van der Waals surface area contributed by atoms with Crippen molar-refractivity contribution in [2.24, 2.45) is 5.92 Å². The van der Waals surface area contributed by atoms with Crippen LogP contribution in [0.5, 0.6) is 0 Å². The lowest BCUT2D eigenvalue weighted by Crippen LogP contribution is -2.27. The van der Waals surface area contributed by atoms with Gasteiger partial charge in [-0.1, -0.05) is 6.92 Å². The average molecular weight is 288 g/mol. The number of ketones is 1. The first-order valence-corrected chi connectivity index (χ1v) is 6.82. The van der Waals surface area contributed by atoms with Crippen molar-refractivity contribution in [1.82, 2.24) is 4.90 Å². The van der Waals surface area contributed by atoms with Crippen LogP contribution < -0.4 is 0 Å². The van der Waals surface area contributed by atoms with E-state index in [9.17, 15) is 4.79 Å². The molecule has 0 amide bonds. The normalized spacial score (nSPS) is 22.1. The van der Waals surface area contributed by atoms with Crippen molar-refractivity contribution >= 4 is 33.0 Å². The number of thiophene rings is 1. The van der Waals surface area contributed by atoms with Gasteiger partial charge >= 0.3 is 0 Å². The van der Waals surface area contributed by atoms with Gasteiger partial charge in [0.2, 0.25) is 0 Å². The first-order valence-electron chi connectivity index (χ1n) is 5.15. The highest BCUT2D eigenvalue weighted by atomic mass is 79.9. The average Bonchev–Trinajstić information content (AvgIpc) is 2.75. The van der Waals surface area contributed by atoms with Crippen LogP contribution in [0.2, 0.25) is 0 Å². The number of halogens is 1. The summed E-state index contributed by atoms with van der Waals surface area (Å²) in [6.07, 6.45) is 1.22. The van der Waals surface area contributed by atoms with E-state index in [0.29, 0.717) is 6.54 Å². The van der Waals surface area contributed by atoms with Crippen molar-refractivity contribution < 1.29 is 4.79 Å². The Kier molecular flexibility index (Phi) is 3.59. The fourth-order valence-corrected chi connectivity index (χ4v) is 3.46. The van der Waals surface area contributed by atoms with Crippen LogP contribution in [0, 0.1) is 5.92 Å². The number of Topliss-reactive ketones (excluding diaryl/α,β-unsaturated/α-hetero) is 1. The fourth-order valence-electron chi connectivity index (χ4n) is 1.94. The molecule has 0 N–H and O–H groups in total. The quantitative estimate of drug-likeness (QED) is 0.797. The zero-order chi connectivity index (χ0) is 10.8. The van der Waals surface area contributed by atoms with Gasteiger partial charge in [-0.2, -0.15) is 0 Å². The Morgan fingerprint density at radius 1 is 1.73 bits per heavy atom. The molecule has 1 aromatic rings. The van der Waals surface area contributed by atoms with Gasteiger partial charge in [-0.15, -0.1) is 11.3 Å². The molecule has 0 radical (unpaired) electrons. The van der Waals surface area contributed by atoms with Crippen LogP contribution in [-0.2, 0) is 0 Å². The van der Waals surface area contributed by atoms with E-state index < -0.39 is 0 Å². The monoisotopic (exact) mass is 287 g/mol. The van der Waals surface area contributed by atoms with E-state index >= 15 is 0 Å². The topological polar surface area (TPSA) is 20.3 Å². The SMILES string of the molecule is CC1CCN(CC(=O)c2sccc2Br)C1. The summed E-state index contributed by atoms with van der Waals surface area (Å²) in [6.45, 7) is 4.94. The van der Waals surface area contributed by atoms with Gasteiger partial charge in [-0.3, -0.25) is 9.69 Å². The molecule has 2 nitrogen and oxygen atoms in total. The van der Waals surface area contributed by atoms with Gasteiger partial charge in [0, 0.05) is 11.0 Å². The Hall–Kier alpha value is -0.190. The van der Waals surface area contributed by atoms with Crippen LogP contribution >= 0.6 is 27.3 Å². The van der Waals surface area contributed by atoms with Crippen LogP contribution in [0.15, 0.2) is 15.9 Å². The number of rotatable bonds is 3. The largest absolute Gasteiger partial charge is 0.296 e. The molecule has 0 spiro atoms. The summed E-state index contributed by atoms with van der Waals surface area (Å²) in [5, 5.41) is 1.95. The molecule has 0 bridgehead atoms. The molecule has 1 fully saturated rings. The number of hydrogen-bond acceptors (Lipinski definition) is 3. The van der Waals surface area contributed by atoms with Gasteiger partial charge in [-0.25, -0.2) is 0 Å². The molecule has 4 heteroatoms. The molecule has 0 aromatic carbocycles. The highest BCUT2D eigenvalue weighted by Crippen LogP contribution is 2.24. The second-order valence-electron chi connectivity index (χ2n) is 4.15. The highest BCUT2D eigenvalue weighted by molar-refractivity contribution is 9.10. The number of hydrogen-bond donors (Lipinski definition) is 0. The van der Waals surface area contributed by atoms with Crippen molar-refractivity contribution in [3.05, 3.63) is 20.8 Å². The smallest absolute Gasteiger partial charge is 0.187 e. The molecule has 1 atom stereocenters. The van der Waals surface area contributed by atoms with E-state index in [2.05, 4.69) is 27.8 Å². The predicted octanol–water partition coefficient (Wildman–Crippen LogP) is 3.04. The zero-order valence-corrected chi connectivity index (χ0v) is 11.1. The van der Waals surface area contributed by atoms with Crippen LogP contribution in [-0.4, -0.2) is 30.3 Å². The Bertz CT molecular complexity index is 363. The molecule has 1 unspecified atom stereocenters. The van der Waals surface area contributed by atoms with Gasteiger partial charge in [0.15, 0.2) is 5.78 Å². The summed E-state index contributed by atoms with van der Waals surface area (Å²) >= 11 is 4.92. The summed E-state index contributed by atoms with van der Waals surface area (Å²) in [5.74, 6) is 0.982. The van der Waals surface area contributed by atoms with Gasteiger partial charge in [0.25, 0.3) is 0 Å². The zero-order valence-electron chi connectivity index (χ0n) is 8.70. The lowest BCUT2D eigenvalue weighted by Gasteiger charge is -2.13. The van der Waals surface area contributed by atoms with E-state index in [1.54, 1.807) is 0 Å². The molecule has 2 heterocycles.